The van der Waals surface area contributed by atoms with E-state index in [1.807, 2.05) is 13.0 Å². The van der Waals surface area contributed by atoms with E-state index >= 15 is 0 Å². The maximum Gasteiger partial charge on any atom is 0.249 e. The Balaban J connectivity index is 2.54. The SMILES string of the molecule is CC/C=C\CC(=O)N(C)C1CCC(=O)NC1=O. The predicted octanol–water partition coefficient (Wildman–Crippen LogP) is 0.606. The van der Waals surface area contributed by atoms with Crippen LogP contribution in [0.3, 0.4) is 0 Å². The first-order chi connectivity index (χ1) is 8.06. The van der Waals surface area contributed by atoms with Crippen LogP contribution in [0.4, 0.5) is 0 Å². The molecule has 3 amide bonds. The van der Waals surface area contributed by atoms with Gasteiger partial charge in [0, 0.05) is 19.9 Å². The summed E-state index contributed by atoms with van der Waals surface area (Å²) in [7, 11) is 1.60. The number of nitrogens with one attached hydrogen (secondary N) is 1. The van der Waals surface area contributed by atoms with E-state index in [0.717, 1.165) is 6.42 Å². The van der Waals surface area contributed by atoms with Crippen LogP contribution in [0.15, 0.2) is 12.2 Å². The Morgan fingerprint density at radius 3 is 2.76 bits per heavy atom. The van der Waals surface area contributed by atoms with Crippen LogP contribution in [-0.4, -0.2) is 35.7 Å². The number of imide groups is 1. The number of hydrogen-bond acceptors (Lipinski definition) is 3. The van der Waals surface area contributed by atoms with Crippen molar-refractivity contribution in [2.75, 3.05) is 7.05 Å². The van der Waals surface area contributed by atoms with Gasteiger partial charge in [-0.05, 0) is 12.8 Å². The van der Waals surface area contributed by atoms with Crippen LogP contribution in [0, 0.1) is 0 Å². The number of piperidine rings is 1. The molecule has 1 aliphatic rings. The molecule has 0 bridgehead atoms. The molecule has 0 aliphatic carbocycles. The van der Waals surface area contributed by atoms with E-state index in [2.05, 4.69) is 5.32 Å². The van der Waals surface area contributed by atoms with Gasteiger partial charge in [0.15, 0.2) is 0 Å². The Bertz CT molecular complexity index is 350. The number of rotatable bonds is 4. The second-order valence-corrected chi connectivity index (χ2v) is 4.06. The van der Waals surface area contributed by atoms with E-state index in [1.165, 1.54) is 4.90 Å². The van der Waals surface area contributed by atoms with Gasteiger partial charge in [0.1, 0.15) is 6.04 Å². The normalized spacial score (nSPS) is 20.5. The van der Waals surface area contributed by atoms with Crippen LogP contribution >= 0.6 is 0 Å². The molecule has 0 saturated carbocycles. The first kappa shape index (κ1) is 13.4. The van der Waals surface area contributed by atoms with Crippen molar-refractivity contribution < 1.29 is 14.4 Å². The van der Waals surface area contributed by atoms with Gasteiger partial charge in [-0.3, -0.25) is 19.7 Å². The molecule has 1 atom stereocenters. The smallest absolute Gasteiger partial charge is 0.249 e. The maximum atomic E-state index is 11.8. The molecule has 0 aromatic carbocycles. The van der Waals surface area contributed by atoms with Gasteiger partial charge >= 0.3 is 0 Å². The van der Waals surface area contributed by atoms with E-state index < -0.39 is 6.04 Å². The van der Waals surface area contributed by atoms with Crippen molar-refractivity contribution in [3.8, 4) is 0 Å². The number of likely N-dealkylation sites (N-methyl/N-ethyl adjacent to an activating group) is 1. The Hall–Kier alpha value is -1.65. The molecular formula is C12H18N2O3. The topological polar surface area (TPSA) is 66.5 Å². The quantitative estimate of drug-likeness (QED) is 0.576. The van der Waals surface area contributed by atoms with Crippen molar-refractivity contribution in [2.24, 2.45) is 0 Å². The lowest BCUT2D eigenvalue weighted by Gasteiger charge is -2.29. The maximum absolute atomic E-state index is 11.8. The lowest BCUT2D eigenvalue weighted by Crippen LogP contribution is -2.52. The number of amides is 3. The highest BCUT2D eigenvalue weighted by Crippen LogP contribution is 2.11. The zero-order valence-corrected chi connectivity index (χ0v) is 10.2. The van der Waals surface area contributed by atoms with E-state index in [-0.39, 0.29) is 17.7 Å². The second kappa shape index (κ2) is 6.18. The minimum atomic E-state index is -0.518. The largest absolute Gasteiger partial charge is 0.333 e. The monoisotopic (exact) mass is 238 g/mol. The van der Waals surface area contributed by atoms with E-state index in [9.17, 15) is 14.4 Å². The fourth-order valence-electron chi connectivity index (χ4n) is 1.72. The van der Waals surface area contributed by atoms with Gasteiger partial charge in [-0.25, -0.2) is 0 Å². The second-order valence-electron chi connectivity index (χ2n) is 4.06. The molecule has 1 unspecified atom stereocenters. The Morgan fingerprint density at radius 2 is 2.18 bits per heavy atom. The number of carbonyl (C=O) groups excluding carboxylic acids is 3. The van der Waals surface area contributed by atoms with Gasteiger partial charge < -0.3 is 4.90 Å². The van der Waals surface area contributed by atoms with Crippen molar-refractivity contribution in [1.82, 2.24) is 10.2 Å². The molecule has 0 aromatic heterocycles. The summed E-state index contributed by atoms with van der Waals surface area (Å²) in [4.78, 5) is 35.7. The highest BCUT2D eigenvalue weighted by molar-refractivity contribution is 6.01. The zero-order chi connectivity index (χ0) is 12.8. The van der Waals surface area contributed by atoms with Crippen LogP contribution in [0.1, 0.15) is 32.6 Å². The molecule has 1 rings (SSSR count). The summed E-state index contributed by atoms with van der Waals surface area (Å²) in [5.74, 6) is -0.751. The van der Waals surface area contributed by atoms with Gasteiger partial charge in [-0.2, -0.15) is 0 Å². The van der Waals surface area contributed by atoms with Gasteiger partial charge in [-0.15, -0.1) is 0 Å². The molecule has 17 heavy (non-hydrogen) atoms. The number of allylic oxidation sites excluding steroid dienone is 1. The van der Waals surface area contributed by atoms with E-state index in [1.54, 1.807) is 13.1 Å². The van der Waals surface area contributed by atoms with Gasteiger partial charge in [0.2, 0.25) is 17.7 Å². The summed E-state index contributed by atoms with van der Waals surface area (Å²) in [6.45, 7) is 1.99. The van der Waals surface area contributed by atoms with Crippen LogP contribution < -0.4 is 5.32 Å². The van der Waals surface area contributed by atoms with Crippen molar-refractivity contribution in [2.45, 2.75) is 38.6 Å². The van der Waals surface area contributed by atoms with Crippen molar-refractivity contribution >= 4 is 17.7 Å². The summed E-state index contributed by atoms with van der Waals surface area (Å²) in [6, 6.07) is -0.518. The van der Waals surface area contributed by atoms with E-state index in [0.29, 0.717) is 19.3 Å². The third-order valence-corrected chi connectivity index (χ3v) is 2.77. The molecule has 1 aliphatic heterocycles. The van der Waals surface area contributed by atoms with Crippen molar-refractivity contribution in [3.05, 3.63) is 12.2 Å². The van der Waals surface area contributed by atoms with Gasteiger partial charge in [-0.1, -0.05) is 19.1 Å². The average Bonchev–Trinajstić information content (AvgIpc) is 2.28. The predicted molar refractivity (Wildman–Crippen MR) is 63.0 cm³/mol. The third kappa shape index (κ3) is 3.69. The summed E-state index contributed by atoms with van der Waals surface area (Å²) < 4.78 is 0. The molecule has 5 heteroatoms. The number of nitrogens with zero attached hydrogens (tertiary/aromatic N) is 1. The molecular weight excluding hydrogens is 220 g/mol. The van der Waals surface area contributed by atoms with Crippen LogP contribution in [0.25, 0.3) is 0 Å². The third-order valence-electron chi connectivity index (χ3n) is 2.77. The van der Waals surface area contributed by atoms with Crippen molar-refractivity contribution in [3.63, 3.8) is 0 Å². The molecule has 1 fully saturated rings. The molecule has 5 nitrogen and oxygen atoms in total. The first-order valence-corrected chi connectivity index (χ1v) is 5.80. The molecule has 1 heterocycles. The standard InChI is InChI=1S/C12H18N2O3/c1-3-4-5-6-11(16)14(2)9-7-8-10(15)13-12(9)17/h4-5,9H,3,6-8H2,1-2H3,(H,13,15,17)/b5-4-. The summed E-state index contributed by atoms with van der Waals surface area (Å²) in [5, 5.41) is 2.24. The minimum Gasteiger partial charge on any atom is -0.333 e. The van der Waals surface area contributed by atoms with Crippen LogP contribution in [-0.2, 0) is 14.4 Å². The molecule has 0 spiro atoms. The fourth-order valence-corrected chi connectivity index (χ4v) is 1.72. The molecule has 94 valence electrons. The van der Waals surface area contributed by atoms with Gasteiger partial charge in [0.25, 0.3) is 0 Å². The number of hydrogen-bond donors (Lipinski definition) is 1. The average molecular weight is 238 g/mol. The molecule has 0 radical (unpaired) electrons. The van der Waals surface area contributed by atoms with Crippen LogP contribution in [0.5, 0.6) is 0 Å². The summed E-state index contributed by atoms with van der Waals surface area (Å²) >= 11 is 0. The fraction of sp³-hybridized carbons (Fsp3) is 0.583. The lowest BCUT2D eigenvalue weighted by atomic mass is 10.0. The highest BCUT2D eigenvalue weighted by Gasteiger charge is 2.31. The van der Waals surface area contributed by atoms with Crippen molar-refractivity contribution in [1.29, 1.82) is 0 Å². The lowest BCUT2D eigenvalue weighted by molar-refractivity contribution is -0.144. The van der Waals surface area contributed by atoms with E-state index in [4.69, 9.17) is 0 Å². The Labute approximate surface area is 101 Å². The summed E-state index contributed by atoms with van der Waals surface area (Å²) in [6.07, 6.45) is 5.58. The van der Waals surface area contributed by atoms with Gasteiger partial charge in [0.05, 0.1) is 0 Å². The number of carbonyl (C=O) groups is 3. The molecule has 1 saturated heterocycles. The molecule has 1 N–H and O–H groups in total. The molecule has 0 aromatic rings. The van der Waals surface area contributed by atoms with Crippen LogP contribution in [0.2, 0.25) is 0 Å². The zero-order valence-electron chi connectivity index (χ0n) is 10.2. The Kier molecular flexibility index (Phi) is 4.87. The minimum absolute atomic E-state index is 0.107. The highest BCUT2D eigenvalue weighted by atomic mass is 16.2. The summed E-state index contributed by atoms with van der Waals surface area (Å²) in [5.41, 5.74) is 0. The first-order valence-electron chi connectivity index (χ1n) is 5.80. The Morgan fingerprint density at radius 1 is 1.47 bits per heavy atom.